The summed E-state index contributed by atoms with van der Waals surface area (Å²) in [5, 5.41) is 9.88. The van der Waals surface area contributed by atoms with E-state index in [4.69, 9.17) is 0 Å². The van der Waals surface area contributed by atoms with Gasteiger partial charge in [-0.05, 0) is 79.2 Å². The minimum Gasteiger partial charge on any atom is -0.307 e. The van der Waals surface area contributed by atoms with Crippen LogP contribution in [0.1, 0.15) is 0 Å². The number of para-hydroxylation sites is 2. The fourth-order valence-corrected chi connectivity index (χ4v) is 11.6. The Balaban J connectivity index is 1.19. The Morgan fingerprint density at radius 1 is 0.229 bits per heavy atom. The molecular weight excluding hydrogens is 845 g/mol. The number of aromatic nitrogens is 2. The maximum atomic E-state index is 2.58. The molecule has 14 rings (SSSR count). The summed E-state index contributed by atoms with van der Waals surface area (Å²) in [7, 11) is 0. The lowest BCUT2D eigenvalue weighted by atomic mass is 9.89. The molecule has 2 heteroatoms. The van der Waals surface area contributed by atoms with Crippen molar-refractivity contribution in [2.24, 2.45) is 0 Å². The van der Waals surface area contributed by atoms with Gasteiger partial charge in [0.15, 0.2) is 0 Å². The fraction of sp³-hybridized carbons (Fsp3) is 0. The summed E-state index contributed by atoms with van der Waals surface area (Å²) >= 11 is 0. The van der Waals surface area contributed by atoms with E-state index in [0.717, 1.165) is 11.4 Å². The Kier molecular flexibility index (Phi) is 9.25. The molecule has 12 aromatic carbocycles. The molecule has 0 spiro atoms. The van der Waals surface area contributed by atoms with Crippen LogP contribution in [0.3, 0.4) is 0 Å². The highest BCUT2D eigenvalue weighted by Crippen LogP contribution is 2.52. The Labute approximate surface area is 406 Å². The van der Waals surface area contributed by atoms with Gasteiger partial charge in [-0.3, -0.25) is 0 Å². The topological polar surface area (TPSA) is 9.86 Å². The van der Waals surface area contributed by atoms with E-state index in [9.17, 15) is 0 Å². The third kappa shape index (κ3) is 6.13. The Morgan fingerprint density at radius 3 is 0.886 bits per heavy atom. The largest absolute Gasteiger partial charge is 0.307 e. The predicted molar refractivity (Wildman–Crippen MR) is 296 cm³/mol. The van der Waals surface area contributed by atoms with Crippen molar-refractivity contribution in [2.75, 3.05) is 0 Å². The van der Waals surface area contributed by atoms with Gasteiger partial charge < -0.3 is 9.13 Å². The molecule has 326 valence electrons. The van der Waals surface area contributed by atoms with Crippen molar-refractivity contribution in [3.63, 3.8) is 0 Å². The zero-order valence-corrected chi connectivity index (χ0v) is 38.3. The van der Waals surface area contributed by atoms with Gasteiger partial charge in [0, 0.05) is 43.8 Å². The number of fused-ring (bicyclic) bond motifs is 4. The van der Waals surface area contributed by atoms with Crippen molar-refractivity contribution < 1.29 is 0 Å². The first-order valence-corrected chi connectivity index (χ1v) is 24.2. The first-order chi connectivity index (χ1) is 34.8. The summed E-state index contributed by atoms with van der Waals surface area (Å²) in [5.74, 6) is 0. The van der Waals surface area contributed by atoms with Crippen LogP contribution in [-0.4, -0.2) is 9.13 Å². The maximum absolute atomic E-state index is 2.58. The second-order valence-electron chi connectivity index (χ2n) is 18.3. The fourth-order valence-electron chi connectivity index (χ4n) is 11.6. The highest BCUT2D eigenvalue weighted by atomic mass is 15.0. The van der Waals surface area contributed by atoms with Crippen LogP contribution in [0.5, 0.6) is 0 Å². The summed E-state index contributed by atoms with van der Waals surface area (Å²) in [6, 6.07) is 98.0. The second-order valence-corrected chi connectivity index (χ2v) is 18.3. The molecule has 0 aliphatic rings. The molecular formula is C68H44N2. The smallest absolute Gasteiger partial charge is 0.0620 e. The standard InChI is InChI=1S/C68H44N2/c1-7-23-45(24-8-1)53-35-19-21-37-59(53)69-65(49-31-15-5-16-32-49)63(47-27-11-3-12-28-47)57-43-51-40-42-56-62-52(39-41-55(61(51)62)67(57)69)44-58-64(48-29-13-4-14-30-48)66(50-33-17-6-18-34-50)70(68(56)58)60-38-22-20-36-54(60)46-25-9-2-10-26-46/h1-44H. The number of hydrogen-bond donors (Lipinski definition) is 0. The minimum atomic E-state index is 1.14. The van der Waals surface area contributed by atoms with Crippen LogP contribution < -0.4 is 0 Å². The van der Waals surface area contributed by atoms with Gasteiger partial charge in [-0.2, -0.15) is 0 Å². The molecule has 0 atom stereocenters. The molecule has 0 bridgehead atoms. The van der Waals surface area contributed by atoms with E-state index in [1.807, 2.05) is 0 Å². The van der Waals surface area contributed by atoms with Crippen molar-refractivity contribution in [1.29, 1.82) is 0 Å². The van der Waals surface area contributed by atoms with Crippen LogP contribution in [0, 0.1) is 0 Å². The Bertz CT molecular complexity index is 3950. The van der Waals surface area contributed by atoms with Crippen molar-refractivity contribution in [3.8, 4) is 78.4 Å². The third-order valence-corrected chi connectivity index (χ3v) is 14.4. The molecule has 2 heterocycles. The van der Waals surface area contributed by atoms with Crippen LogP contribution in [0.15, 0.2) is 267 Å². The lowest BCUT2D eigenvalue weighted by Crippen LogP contribution is -2.01. The number of benzene rings is 12. The van der Waals surface area contributed by atoms with Gasteiger partial charge in [-0.25, -0.2) is 0 Å². The van der Waals surface area contributed by atoms with Gasteiger partial charge in [-0.15, -0.1) is 0 Å². The molecule has 0 radical (unpaired) electrons. The normalized spacial score (nSPS) is 11.7. The lowest BCUT2D eigenvalue weighted by molar-refractivity contribution is 1.14. The van der Waals surface area contributed by atoms with Gasteiger partial charge >= 0.3 is 0 Å². The SMILES string of the molecule is c1ccc(-c2ccccc2-n2c(-c3ccccc3)c(-c3ccccc3)c3cc4ccc5c6c(ccc(c46)c32)cc2c(-c3ccccc3)c(-c3ccccc3)n(-c3ccccc3-c3ccccc3)c25)cc1. The Morgan fingerprint density at radius 2 is 0.529 bits per heavy atom. The molecule has 0 saturated heterocycles. The molecule has 0 N–H and O–H groups in total. The van der Waals surface area contributed by atoms with Gasteiger partial charge in [0.05, 0.1) is 33.8 Å². The van der Waals surface area contributed by atoms with Gasteiger partial charge in [0.1, 0.15) is 0 Å². The van der Waals surface area contributed by atoms with E-state index in [1.165, 1.54) is 121 Å². The summed E-state index contributed by atoms with van der Waals surface area (Å²) in [5.41, 5.74) is 18.9. The van der Waals surface area contributed by atoms with Crippen molar-refractivity contribution in [3.05, 3.63) is 267 Å². The third-order valence-electron chi connectivity index (χ3n) is 14.4. The summed E-state index contributed by atoms with van der Waals surface area (Å²) < 4.78 is 5.16. The summed E-state index contributed by atoms with van der Waals surface area (Å²) in [6.45, 7) is 0. The van der Waals surface area contributed by atoms with Crippen LogP contribution in [-0.2, 0) is 0 Å². The van der Waals surface area contributed by atoms with E-state index in [1.54, 1.807) is 0 Å². The van der Waals surface area contributed by atoms with Crippen LogP contribution in [0.2, 0.25) is 0 Å². The second kappa shape index (κ2) is 16.2. The number of nitrogens with zero attached hydrogens (tertiary/aromatic N) is 2. The molecule has 0 amide bonds. The van der Waals surface area contributed by atoms with Gasteiger partial charge in [0.2, 0.25) is 0 Å². The van der Waals surface area contributed by atoms with E-state index >= 15 is 0 Å². The molecule has 2 aromatic heterocycles. The first-order valence-electron chi connectivity index (χ1n) is 24.2. The molecule has 0 aliphatic carbocycles. The van der Waals surface area contributed by atoms with Crippen LogP contribution in [0.4, 0.5) is 0 Å². The van der Waals surface area contributed by atoms with Gasteiger partial charge in [-0.1, -0.05) is 243 Å². The highest BCUT2D eigenvalue weighted by molar-refractivity contribution is 6.35. The molecule has 0 fully saturated rings. The zero-order chi connectivity index (χ0) is 46.1. The molecule has 0 aliphatic heterocycles. The van der Waals surface area contributed by atoms with E-state index in [-0.39, 0.29) is 0 Å². The van der Waals surface area contributed by atoms with E-state index < -0.39 is 0 Å². The molecule has 14 aromatic rings. The first kappa shape index (κ1) is 39.9. The lowest BCUT2D eigenvalue weighted by Gasteiger charge is -2.20. The van der Waals surface area contributed by atoms with Crippen molar-refractivity contribution in [2.45, 2.75) is 0 Å². The molecule has 70 heavy (non-hydrogen) atoms. The van der Waals surface area contributed by atoms with Crippen molar-refractivity contribution in [1.82, 2.24) is 9.13 Å². The van der Waals surface area contributed by atoms with Gasteiger partial charge in [0.25, 0.3) is 0 Å². The zero-order valence-electron chi connectivity index (χ0n) is 38.3. The number of hydrogen-bond acceptors (Lipinski definition) is 0. The summed E-state index contributed by atoms with van der Waals surface area (Å²) in [6.07, 6.45) is 0. The van der Waals surface area contributed by atoms with Crippen LogP contribution in [0.25, 0.3) is 133 Å². The monoisotopic (exact) mass is 888 g/mol. The Hall–Kier alpha value is -9.24. The molecule has 0 saturated carbocycles. The van der Waals surface area contributed by atoms with Crippen molar-refractivity contribution >= 4 is 54.1 Å². The quantitative estimate of drug-likeness (QED) is 0.135. The number of rotatable bonds is 8. The predicted octanol–water partition coefficient (Wildman–Crippen LogP) is 18.5. The highest BCUT2D eigenvalue weighted by Gasteiger charge is 2.29. The van der Waals surface area contributed by atoms with E-state index in [0.29, 0.717) is 0 Å². The molecule has 0 unspecified atom stereocenters. The minimum absolute atomic E-state index is 1.14. The van der Waals surface area contributed by atoms with E-state index in [2.05, 4.69) is 276 Å². The summed E-state index contributed by atoms with van der Waals surface area (Å²) in [4.78, 5) is 0. The molecule has 2 nitrogen and oxygen atoms in total. The van der Waals surface area contributed by atoms with Crippen LogP contribution >= 0.6 is 0 Å². The maximum Gasteiger partial charge on any atom is 0.0620 e. The average molecular weight is 889 g/mol. The average Bonchev–Trinajstić information content (AvgIpc) is 3.97.